The molecule has 0 bridgehead atoms. The quantitative estimate of drug-likeness (QED) is 0.790. The largest absolute Gasteiger partial charge is 0.325 e. The van der Waals surface area contributed by atoms with Crippen LogP contribution in [0, 0.1) is 46.1 Å². The third-order valence-electron chi connectivity index (χ3n) is 4.09. The zero-order chi connectivity index (χ0) is 20.0. The van der Waals surface area contributed by atoms with Gasteiger partial charge < -0.3 is 5.32 Å². The number of ketones is 1. The summed E-state index contributed by atoms with van der Waals surface area (Å²) < 4.78 is 27.3. The van der Waals surface area contributed by atoms with Crippen molar-refractivity contribution in [2.75, 3.05) is 5.32 Å². The monoisotopic (exact) mass is 367 g/mol. The molecule has 2 unspecified atom stereocenters. The van der Waals surface area contributed by atoms with E-state index in [1.165, 1.54) is 30.3 Å². The first kappa shape index (κ1) is 19.7. The van der Waals surface area contributed by atoms with E-state index in [2.05, 4.69) is 5.32 Å². The molecule has 2 aromatic rings. The van der Waals surface area contributed by atoms with Gasteiger partial charge in [-0.3, -0.25) is 9.59 Å². The van der Waals surface area contributed by atoms with Gasteiger partial charge in [0, 0.05) is 11.6 Å². The lowest BCUT2D eigenvalue weighted by Crippen LogP contribution is -2.36. The standard InChI is InChI=1S/C20H15F2N3O2/c1-12(26)18(20(27)25-15-8-6-14(21)7-9-15)19(13(10-23)11-24)16-4-2-3-5-17(16)22/h2-9,13,18-19H,1H3,(H,25,27). The van der Waals surface area contributed by atoms with Crippen LogP contribution in [-0.2, 0) is 9.59 Å². The molecule has 0 fully saturated rings. The van der Waals surface area contributed by atoms with Crippen LogP contribution in [0.4, 0.5) is 14.5 Å². The summed E-state index contributed by atoms with van der Waals surface area (Å²) in [7, 11) is 0. The minimum atomic E-state index is -1.48. The molecule has 1 amide bonds. The highest BCUT2D eigenvalue weighted by Gasteiger charge is 2.40. The number of benzene rings is 2. The highest BCUT2D eigenvalue weighted by Crippen LogP contribution is 2.35. The van der Waals surface area contributed by atoms with E-state index in [9.17, 15) is 28.9 Å². The molecular formula is C20H15F2N3O2. The average molecular weight is 367 g/mol. The van der Waals surface area contributed by atoms with Crippen molar-refractivity contribution < 1.29 is 18.4 Å². The van der Waals surface area contributed by atoms with Crippen LogP contribution in [0.3, 0.4) is 0 Å². The molecule has 7 heteroatoms. The Morgan fingerprint density at radius 1 is 1.00 bits per heavy atom. The van der Waals surface area contributed by atoms with E-state index in [4.69, 9.17) is 0 Å². The summed E-state index contributed by atoms with van der Waals surface area (Å²) in [5.41, 5.74) is 0.158. The lowest BCUT2D eigenvalue weighted by molar-refractivity contribution is -0.131. The van der Waals surface area contributed by atoms with Gasteiger partial charge in [0.2, 0.25) is 5.91 Å². The topological polar surface area (TPSA) is 93.8 Å². The molecule has 136 valence electrons. The molecule has 0 saturated heterocycles. The van der Waals surface area contributed by atoms with Gasteiger partial charge in [-0.15, -0.1) is 0 Å². The molecule has 0 aliphatic heterocycles. The van der Waals surface area contributed by atoms with E-state index in [-0.39, 0.29) is 11.3 Å². The molecule has 2 rings (SSSR count). The Morgan fingerprint density at radius 3 is 2.11 bits per heavy atom. The Hall–Kier alpha value is -3.58. The second-order valence-electron chi connectivity index (χ2n) is 5.87. The SMILES string of the molecule is CC(=O)C(C(=O)Nc1ccc(F)cc1)C(c1ccccc1F)C(C#N)C#N. The Labute approximate surface area is 154 Å². The molecule has 0 aliphatic rings. The van der Waals surface area contributed by atoms with Gasteiger partial charge in [0.15, 0.2) is 0 Å². The van der Waals surface area contributed by atoms with Crippen LogP contribution >= 0.6 is 0 Å². The van der Waals surface area contributed by atoms with E-state index >= 15 is 0 Å². The molecule has 1 N–H and O–H groups in total. The van der Waals surface area contributed by atoms with Crippen molar-refractivity contribution in [2.45, 2.75) is 12.8 Å². The normalized spacial score (nSPS) is 12.5. The Kier molecular flexibility index (Phi) is 6.35. The summed E-state index contributed by atoms with van der Waals surface area (Å²) in [6, 6.07) is 13.7. The van der Waals surface area contributed by atoms with Crippen LogP contribution in [0.25, 0.3) is 0 Å². The minimum Gasteiger partial charge on any atom is -0.325 e. The summed E-state index contributed by atoms with van der Waals surface area (Å²) in [6.45, 7) is 1.13. The molecular weight excluding hydrogens is 352 g/mol. The summed E-state index contributed by atoms with van der Waals surface area (Å²) in [5, 5.41) is 21.1. The third kappa shape index (κ3) is 4.53. The summed E-state index contributed by atoms with van der Waals surface area (Å²) in [4.78, 5) is 25.0. The first-order valence-corrected chi connectivity index (χ1v) is 7.99. The first-order chi connectivity index (χ1) is 12.9. The van der Waals surface area contributed by atoms with Gasteiger partial charge in [0.25, 0.3) is 0 Å². The van der Waals surface area contributed by atoms with Crippen LogP contribution in [0.5, 0.6) is 0 Å². The summed E-state index contributed by atoms with van der Waals surface area (Å²) in [6.07, 6.45) is 0. The van der Waals surface area contributed by atoms with Crippen molar-refractivity contribution in [3.63, 3.8) is 0 Å². The molecule has 27 heavy (non-hydrogen) atoms. The minimum absolute atomic E-state index is 0.0694. The summed E-state index contributed by atoms with van der Waals surface area (Å²) >= 11 is 0. The van der Waals surface area contributed by atoms with Crippen molar-refractivity contribution in [1.82, 2.24) is 0 Å². The van der Waals surface area contributed by atoms with Crippen molar-refractivity contribution in [3.05, 3.63) is 65.7 Å². The molecule has 0 aliphatic carbocycles. The van der Waals surface area contributed by atoms with Gasteiger partial charge in [-0.2, -0.15) is 10.5 Å². The fourth-order valence-corrected chi connectivity index (χ4v) is 2.84. The molecule has 0 heterocycles. The predicted octanol–water partition coefficient (Wildman–Crippen LogP) is 3.56. The third-order valence-corrected chi connectivity index (χ3v) is 4.09. The van der Waals surface area contributed by atoms with Gasteiger partial charge in [-0.25, -0.2) is 8.78 Å². The second-order valence-corrected chi connectivity index (χ2v) is 5.87. The number of rotatable bonds is 6. The van der Waals surface area contributed by atoms with Crippen LogP contribution in [0.2, 0.25) is 0 Å². The molecule has 0 spiro atoms. The molecule has 5 nitrogen and oxygen atoms in total. The van der Waals surface area contributed by atoms with Crippen LogP contribution in [0.15, 0.2) is 48.5 Å². The number of hydrogen-bond donors (Lipinski definition) is 1. The predicted molar refractivity (Wildman–Crippen MR) is 93.1 cm³/mol. The number of nitriles is 2. The number of halogens is 2. The average Bonchev–Trinajstić information content (AvgIpc) is 2.64. The zero-order valence-electron chi connectivity index (χ0n) is 14.3. The van der Waals surface area contributed by atoms with E-state index in [1.54, 1.807) is 12.1 Å². The lowest BCUT2D eigenvalue weighted by Gasteiger charge is -2.26. The number of amides is 1. The number of carbonyl (C=O) groups is 2. The maximum absolute atomic E-state index is 14.3. The molecule has 2 atom stereocenters. The Bertz CT molecular complexity index is 915. The first-order valence-electron chi connectivity index (χ1n) is 7.99. The van der Waals surface area contributed by atoms with Crippen LogP contribution in [0.1, 0.15) is 18.4 Å². The van der Waals surface area contributed by atoms with Gasteiger partial charge in [-0.1, -0.05) is 18.2 Å². The molecule has 0 saturated carbocycles. The summed E-state index contributed by atoms with van der Waals surface area (Å²) in [5.74, 6) is -6.85. The van der Waals surface area contributed by atoms with E-state index in [1.807, 2.05) is 0 Å². The van der Waals surface area contributed by atoms with Crippen LogP contribution < -0.4 is 5.32 Å². The Morgan fingerprint density at radius 2 is 1.59 bits per heavy atom. The molecule has 2 aromatic carbocycles. The van der Waals surface area contributed by atoms with Crippen molar-refractivity contribution >= 4 is 17.4 Å². The maximum atomic E-state index is 14.3. The highest BCUT2D eigenvalue weighted by molar-refractivity contribution is 6.07. The fourth-order valence-electron chi connectivity index (χ4n) is 2.84. The number of hydrogen-bond acceptors (Lipinski definition) is 4. The maximum Gasteiger partial charge on any atom is 0.235 e. The second kappa shape index (κ2) is 8.68. The van der Waals surface area contributed by atoms with Crippen molar-refractivity contribution in [3.8, 4) is 12.1 Å². The molecule has 0 radical (unpaired) electrons. The van der Waals surface area contributed by atoms with E-state index in [0.717, 1.165) is 25.1 Å². The van der Waals surface area contributed by atoms with E-state index in [0.29, 0.717) is 0 Å². The lowest BCUT2D eigenvalue weighted by atomic mass is 9.75. The van der Waals surface area contributed by atoms with Gasteiger partial charge in [0.05, 0.1) is 12.1 Å². The van der Waals surface area contributed by atoms with Crippen LogP contribution in [-0.4, -0.2) is 11.7 Å². The Balaban J connectivity index is 2.48. The highest BCUT2D eigenvalue weighted by atomic mass is 19.1. The zero-order valence-corrected chi connectivity index (χ0v) is 14.3. The van der Waals surface area contributed by atoms with E-state index < -0.39 is 41.1 Å². The van der Waals surface area contributed by atoms with Gasteiger partial charge >= 0.3 is 0 Å². The smallest absolute Gasteiger partial charge is 0.235 e. The fraction of sp³-hybridized carbons (Fsp3) is 0.200. The number of Topliss-reactive ketones (excluding diaryl/α,β-unsaturated/α-hetero) is 1. The van der Waals surface area contributed by atoms with Gasteiger partial charge in [0.1, 0.15) is 29.3 Å². The van der Waals surface area contributed by atoms with Crippen molar-refractivity contribution in [2.24, 2.45) is 11.8 Å². The van der Waals surface area contributed by atoms with Crippen molar-refractivity contribution in [1.29, 1.82) is 10.5 Å². The number of carbonyl (C=O) groups excluding carboxylic acids is 2. The number of anilines is 1. The van der Waals surface area contributed by atoms with Gasteiger partial charge in [-0.05, 0) is 42.8 Å². The number of nitrogens with zero attached hydrogens (tertiary/aromatic N) is 2. The molecule has 0 aromatic heterocycles. The number of nitrogens with one attached hydrogen (secondary N) is 1.